The number of likely N-dealkylation sites (tertiary alicyclic amines) is 1. The molecule has 102 valence electrons. The maximum atomic E-state index is 11.9. The summed E-state index contributed by atoms with van der Waals surface area (Å²) in [5, 5.41) is 21.7. The summed E-state index contributed by atoms with van der Waals surface area (Å²) in [6.45, 7) is 0.670. The number of nitrogens with zero attached hydrogens (tertiary/aromatic N) is 1. The molecule has 0 aromatic rings. The van der Waals surface area contributed by atoms with Crippen LogP contribution in [0.3, 0.4) is 0 Å². The van der Waals surface area contributed by atoms with E-state index in [2.05, 4.69) is 5.32 Å². The molecule has 0 spiro atoms. The number of carbonyl (C=O) groups excluding carboxylic acids is 1. The van der Waals surface area contributed by atoms with Crippen LogP contribution in [0.25, 0.3) is 0 Å². The smallest absolute Gasteiger partial charge is 0.326 e. The van der Waals surface area contributed by atoms with E-state index in [1.807, 2.05) is 11.8 Å². The van der Waals surface area contributed by atoms with E-state index in [9.17, 15) is 14.7 Å². The van der Waals surface area contributed by atoms with Gasteiger partial charge >= 0.3 is 12.0 Å². The maximum absolute atomic E-state index is 11.9. The summed E-state index contributed by atoms with van der Waals surface area (Å²) in [7, 11) is 0. The minimum absolute atomic E-state index is 0.0978. The molecule has 18 heavy (non-hydrogen) atoms. The Morgan fingerprint density at radius 3 is 2.83 bits per heavy atom. The van der Waals surface area contributed by atoms with E-state index < -0.39 is 18.1 Å². The van der Waals surface area contributed by atoms with Crippen molar-refractivity contribution in [2.75, 3.05) is 18.8 Å². The van der Waals surface area contributed by atoms with Gasteiger partial charge in [0.05, 0.1) is 6.10 Å². The van der Waals surface area contributed by atoms with Crippen LogP contribution in [0.5, 0.6) is 0 Å². The highest BCUT2D eigenvalue weighted by atomic mass is 32.2. The van der Waals surface area contributed by atoms with E-state index in [0.29, 0.717) is 11.8 Å². The van der Waals surface area contributed by atoms with Crippen LogP contribution in [0.15, 0.2) is 0 Å². The molecule has 2 saturated heterocycles. The van der Waals surface area contributed by atoms with Crippen LogP contribution in [-0.4, -0.2) is 63.4 Å². The van der Waals surface area contributed by atoms with E-state index in [-0.39, 0.29) is 19.0 Å². The van der Waals surface area contributed by atoms with Crippen LogP contribution >= 0.6 is 11.8 Å². The molecule has 3 atom stereocenters. The highest BCUT2D eigenvalue weighted by molar-refractivity contribution is 8.00. The summed E-state index contributed by atoms with van der Waals surface area (Å²) < 4.78 is 0. The molecule has 0 aliphatic carbocycles. The van der Waals surface area contributed by atoms with E-state index in [0.717, 1.165) is 12.2 Å². The van der Waals surface area contributed by atoms with Crippen LogP contribution in [-0.2, 0) is 4.79 Å². The number of hydrogen-bond acceptors (Lipinski definition) is 4. The topological polar surface area (TPSA) is 89.9 Å². The zero-order chi connectivity index (χ0) is 13.1. The number of β-amino-alcohol motifs (C(OH)–C–C–N with tert-alkyl or cyclic N) is 1. The predicted octanol–water partition coefficient (Wildman–Crippen LogP) is 0.111. The fraction of sp³-hybridized carbons (Fsp3) is 0.818. The van der Waals surface area contributed by atoms with Gasteiger partial charge in [0, 0.05) is 24.8 Å². The number of hydrogen-bond donors (Lipinski definition) is 3. The summed E-state index contributed by atoms with van der Waals surface area (Å²) in [6, 6.07) is -1.29. The van der Waals surface area contributed by atoms with Gasteiger partial charge in [-0.05, 0) is 18.6 Å². The summed E-state index contributed by atoms with van der Waals surface area (Å²) in [4.78, 5) is 24.1. The third-order valence-corrected chi connectivity index (χ3v) is 4.73. The molecule has 7 heteroatoms. The third-order valence-electron chi connectivity index (χ3n) is 3.33. The van der Waals surface area contributed by atoms with Gasteiger partial charge in [0.2, 0.25) is 0 Å². The van der Waals surface area contributed by atoms with Crippen LogP contribution in [0, 0.1) is 0 Å². The quantitative estimate of drug-likeness (QED) is 0.679. The van der Waals surface area contributed by atoms with Crippen molar-refractivity contribution >= 4 is 23.8 Å². The Hall–Kier alpha value is -0.950. The summed E-state index contributed by atoms with van der Waals surface area (Å²) in [5.74, 6) is 0.0673. The Balaban J connectivity index is 1.85. The standard InChI is InChI=1S/C11H18N2O4S/c14-7-4-9(10(15)16)13(6-7)11(17)12-5-8-2-1-3-18-8/h7-9,14H,1-6H2,(H,12,17)(H,15,16)/t7-,8?,9-/m1/s1. The SMILES string of the molecule is O=C(O)[C@H]1C[C@@H](O)CN1C(=O)NCC1CCCS1. The number of carboxylic acid groups (broad SMARTS) is 1. The molecule has 2 heterocycles. The van der Waals surface area contributed by atoms with E-state index in [1.54, 1.807) is 0 Å². The van der Waals surface area contributed by atoms with Gasteiger partial charge in [-0.1, -0.05) is 0 Å². The lowest BCUT2D eigenvalue weighted by molar-refractivity contribution is -0.141. The molecule has 0 aromatic carbocycles. The van der Waals surface area contributed by atoms with E-state index in [4.69, 9.17) is 5.11 Å². The minimum Gasteiger partial charge on any atom is -0.480 e. The first-order valence-electron chi connectivity index (χ1n) is 6.15. The molecule has 0 bridgehead atoms. The van der Waals surface area contributed by atoms with Gasteiger partial charge < -0.3 is 20.4 Å². The van der Waals surface area contributed by atoms with Gasteiger partial charge in [-0.25, -0.2) is 9.59 Å². The van der Waals surface area contributed by atoms with Gasteiger partial charge in [-0.15, -0.1) is 0 Å². The summed E-state index contributed by atoms with van der Waals surface area (Å²) in [5.41, 5.74) is 0. The molecule has 2 rings (SSSR count). The molecular formula is C11H18N2O4S. The molecule has 1 unspecified atom stereocenters. The fourth-order valence-corrected chi connectivity index (χ4v) is 3.58. The van der Waals surface area contributed by atoms with Crippen LogP contribution in [0.2, 0.25) is 0 Å². The molecule has 3 N–H and O–H groups in total. The van der Waals surface area contributed by atoms with Gasteiger partial charge in [-0.3, -0.25) is 0 Å². The first-order valence-corrected chi connectivity index (χ1v) is 7.19. The monoisotopic (exact) mass is 274 g/mol. The van der Waals surface area contributed by atoms with Crippen molar-refractivity contribution in [1.82, 2.24) is 10.2 Å². The number of urea groups is 1. The van der Waals surface area contributed by atoms with E-state index >= 15 is 0 Å². The second-order valence-electron chi connectivity index (χ2n) is 4.72. The minimum atomic E-state index is -1.06. The van der Waals surface area contributed by atoms with Crippen molar-refractivity contribution in [3.05, 3.63) is 0 Å². The Morgan fingerprint density at radius 2 is 2.22 bits per heavy atom. The number of aliphatic carboxylic acids is 1. The number of carbonyl (C=O) groups is 2. The van der Waals surface area contributed by atoms with Crippen molar-refractivity contribution < 1.29 is 19.8 Å². The third kappa shape index (κ3) is 3.08. The zero-order valence-corrected chi connectivity index (χ0v) is 10.9. The van der Waals surface area contributed by atoms with Crippen molar-refractivity contribution in [3.63, 3.8) is 0 Å². The van der Waals surface area contributed by atoms with Crippen molar-refractivity contribution in [3.8, 4) is 0 Å². The molecule has 2 aliphatic heterocycles. The lowest BCUT2D eigenvalue weighted by Gasteiger charge is -2.22. The highest BCUT2D eigenvalue weighted by Crippen LogP contribution is 2.25. The second kappa shape index (κ2) is 5.79. The summed E-state index contributed by atoms with van der Waals surface area (Å²) in [6.07, 6.45) is 1.64. The first-order chi connectivity index (χ1) is 8.58. The average Bonchev–Trinajstić information content (AvgIpc) is 2.94. The van der Waals surface area contributed by atoms with Gasteiger partial charge in [0.25, 0.3) is 0 Å². The van der Waals surface area contributed by atoms with Gasteiger partial charge in [-0.2, -0.15) is 11.8 Å². The molecule has 2 aliphatic rings. The normalized spacial score (nSPS) is 31.6. The van der Waals surface area contributed by atoms with Gasteiger partial charge in [0.15, 0.2) is 0 Å². The number of amides is 2. The Morgan fingerprint density at radius 1 is 1.44 bits per heavy atom. The predicted molar refractivity (Wildman–Crippen MR) is 67.6 cm³/mol. The number of aliphatic hydroxyl groups excluding tert-OH is 1. The largest absolute Gasteiger partial charge is 0.480 e. The van der Waals surface area contributed by atoms with Crippen LogP contribution < -0.4 is 5.32 Å². The lowest BCUT2D eigenvalue weighted by atomic mass is 10.2. The van der Waals surface area contributed by atoms with Crippen LogP contribution in [0.1, 0.15) is 19.3 Å². The number of carboxylic acids is 1. The van der Waals surface area contributed by atoms with Crippen molar-refractivity contribution in [2.24, 2.45) is 0 Å². The molecule has 0 aromatic heterocycles. The first kappa shape index (κ1) is 13.5. The molecule has 2 amide bonds. The average molecular weight is 274 g/mol. The number of rotatable bonds is 3. The van der Waals surface area contributed by atoms with E-state index in [1.165, 1.54) is 11.3 Å². The number of thioether (sulfide) groups is 1. The Kier molecular flexibility index (Phi) is 4.34. The fourth-order valence-electron chi connectivity index (χ4n) is 2.38. The number of nitrogens with one attached hydrogen (secondary N) is 1. The Labute approximate surface area is 110 Å². The molecule has 6 nitrogen and oxygen atoms in total. The maximum Gasteiger partial charge on any atom is 0.326 e. The van der Waals surface area contributed by atoms with Gasteiger partial charge in [0.1, 0.15) is 6.04 Å². The van der Waals surface area contributed by atoms with Crippen molar-refractivity contribution in [1.29, 1.82) is 0 Å². The summed E-state index contributed by atoms with van der Waals surface area (Å²) >= 11 is 1.84. The molecule has 2 fully saturated rings. The van der Waals surface area contributed by atoms with Crippen molar-refractivity contribution in [2.45, 2.75) is 36.7 Å². The lowest BCUT2D eigenvalue weighted by Crippen LogP contribution is -2.47. The zero-order valence-electron chi connectivity index (χ0n) is 10.0. The second-order valence-corrected chi connectivity index (χ2v) is 6.13. The molecular weight excluding hydrogens is 256 g/mol. The highest BCUT2D eigenvalue weighted by Gasteiger charge is 2.39. The van der Waals surface area contributed by atoms with Crippen LogP contribution in [0.4, 0.5) is 4.79 Å². The Bertz CT molecular complexity index is 333. The number of aliphatic hydroxyl groups is 1. The molecule has 0 radical (unpaired) electrons. The molecule has 0 saturated carbocycles.